The molecule has 176 valence electrons. The number of halogens is 2. The van der Waals surface area contributed by atoms with E-state index in [0.29, 0.717) is 40.5 Å². The van der Waals surface area contributed by atoms with Gasteiger partial charge in [-0.1, -0.05) is 23.7 Å². The summed E-state index contributed by atoms with van der Waals surface area (Å²) in [6.45, 7) is 2.32. The van der Waals surface area contributed by atoms with Gasteiger partial charge >= 0.3 is 5.97 Å². The number of nitriles is 1. The third kappa shape index (κ3) is 5.42. The van der Waals surface area contributed by atoms with Crippen molar-refractivity contribution < 1.29 is 23.8 Å². The Labute approximate surface area is 205 Å². The van der Waals surface area contributed by atoms with E-state index in [9.17, 15) is 14.4 Å². The molecule has 0 aliphatic heterocycles. The van der Waals surface area contributed by atoms with Crippen molar-refractivity contribution >= 4 is 40.3 Å². The zero-order valence-electron chi connectivity index (χ0n) is 18.5. The summed E-state index contributed by atoms with van der Waals surface area (Å²) in [7, 11) is 0. The fourth-order valence-corrected chi connectivity index (χ4v) is 3.68. The number of imidazole rings is 1. The molecule has 35 heavy (non-hydrogen) atoms. The van der Waals surface area contributed by atoms with E-state index < -0.39 is 11.8 Å². The Morgan fingerprint density at radius 3 is 2.66 bits per heavy atom. The molecule has 0 radical (unpaired) electrons. The number of carboxylic acids is 1. The van der Waals surface area contributed by atoms with Gasteiger partial charge in [-0.25, -0.2) is 14.2 Å². The van der Waals surface area contributed by atoms with E-state index in [1.54, 1.807) is 30.3 Å². The van der Waals surface area contributed by atoms with Crippen molar-refractivity contribution in [1.82, 2.24) is 9.97 Å². The van der Waals surface area contributed by atoms with Gasteiger partial charge in [-0.05, 0) is 66.6 Å². The Kier molecular flexibility index (Phi) is 6.99. The van der Waals surface area contributed by atoms with Gasteiger partial charge in [0, 0.05) is 0 Å². The summed E-state index contributed by atoms with van der Waals surface area (Å²) < 4.78 is 25.1. The Hall–Kier alpha value is -4.35. The maximum atomic E-state index is 13.5. The van der Waals surface area contributed by atoms with Crippen LogP contribution in [0, 0.1) is 17.1 Å². The molecule has 0 bridgehead atoms. The molecule has 0 aliphatic rings. The van der Waals surface area contributed by atoms with E-state index >= 15 is 0 Å². The molecule has 0 saturated heterocycles. The lowest BCUT2D eigenvalue weighted by Gasteiger charge is -2.15. The van der Waals surface area contributed by atoms with E-state index in [4.69, 9.17) is 26.2 Å². The van der Waals surface area contributed by atoms with E-state index in [-0.39, 0.29) is 22.8 Å². The lowest BCUT2D eigenvalue weighted by Crippen LogP contribution is -2.02. The lowest BCUT2D eigenvalue weighted by molar-refractivity contribution is 0.0697. The molecule has 4 rings (SSSR count). The minimum Gasteiger partial charge on any atom is -0.490 e. The number of carbonyl (C=O) groups is 1. The van der Waals surface area contributed by atoms with E-state index in [0.717, 1.165) is 5.56 Å². The molecular weight excluding hydrogens is 473 g/mol. The number of carboxylic acid groups (broad SMARTS) is 1. The molecule has 7 nitrogen and oxygen atoms in total. The maximum absolute atomic E-state index is 13.5. The van der Waals surface area contributed by atoms with Crippen molar-refractivity contribution in [3.8, 4) is 17.6 Å². The van der Waals surface area contributed by atoms with E-state index in [2.05, 4.69) is 16.0 Å². The van der Waals surface area contributed by atoms with Crippen LogP contribution in [0.5, 0.6) is 11.5 Å². The minimum absolute atomic E-state index is 0.147. The van der Waals surface area contributed by atoms with Crippen LogP contribution in [0.3, 0.4) is 0 Å². The number of aromatic carboxylic acids is 1. The average Bonchev–Trinajstić information content (AvgIpc) is 3.25. The van der Waals surface area contributed by atoms with Crippen molar-refractivity contribution in [2.24, 2.45) is 0 Å². The van der Waals surface area contributed by atoms with Crippen LogP contribution in [0.1, 0.15) is 34.2 Å². The van der Waals surface area contributed by atoms with Crippen LogP contribution >= 0.6 is 11.6 Å². The first-order valence-corrected chi connectivity index (χ1v) is 10.9. The monoisotopic (exact) mass is 491 g/mol. The number of nitrogens with zero attached hydrogens (tertiary/aromatic N) is 2. The number of fused-ring (bicyclic) bond motifs is 1. The zero-order valence-corrected chi connectivity index (χ0v) is 19.3. The standard InChI is InChI=1S/C26H19ClFN3O4/c1-2-34-23-11-16(9-18(13-29)25-30-21-8-7-19(28)12-22(21)31-25)10-20(27)24(23)35-14-15-3-5-17(6-4-15)26(32)33/h3-12H,2,14H2,1H3,(H,30,31)(H,32,33)/b18-9-. The molecular formula is C26H19ClFN3O4. The van der Waals surface area contributed by atoms with Crippen LogP contribution in [0.2, 0.25) is 5.02 Å². The van der Waals surface area contributed by atoms with Crippen LogP contribution in [0.25, 0.3) is 22.7 Å². The zero-order chi connectivity index (χ0) is 24.9. The number of nitrogens with one attached hydrogen (secondary N) is 1. The van der Waals surface area contributed by atoms with E-state index in [1.807, 2.05) is 6.92 Å². The average molecular weight is 492 g/mol. The topological polar surface area (TPSA) is 108 Å². The van der Waals surface area contributed by atoms with Crippen molar-refractivity contribution in [3.05, 3.63) is 88.0 Å². The predicted molar refractivity (Wildman–Crippen MR) is 130 cm³/mol. The highest BCUT2D eigenvalue weighted by molar-refractivity contribution is 6.32. The molecule has 3 aromatic carbocycles. The largest absolute Gasteiger partial charge is 0.490 e. The van der Waals surface area contributed by atoms with Crippen LogP contribution in [0.15, 0.2) is 54.6 Å². The van der Waals surface area contributed by atoms with Gasteiger partial charge in [-0.15, -0.1) is 0 Å². The number of rotatable bonds is 8. The molecule has 1 heterocycles. The molecule has 0 unspecified atom stereocenters. The Bertz CT molecular complexity index is 1470. The first kappa shape index (κ1) is 23.8. The molecule has 0 saturated carbocycles. The molecule has 0 aliphatic carbocycles. The molecule has 0 atom stereocenters. The van der Waals surface area contributed by atoms with Crippen molar-refractivity contribution in [2.75, 3.05) is 6.61 Å². The summed E-state index contributed by atoms with van der Waals surface area (Å²) in [6, 6.07) is 15.9. The number of benzene rings is 3. The number of allylic oxidation sites excluding steroid dienone is 1. The lowest BCUT2D eigenvalue weighted by atomic mass is 10.1. The fraction of sp³-hybridized carbons (Fsp3) is 0.115. The Morgan fingerprint density at radius 2 is 1.97 bits per heavy atom. The maximum Gasteiger partial charge on any atom is 0.335 e. The second-order valence-corrected chi connectivity index (χ2v) is 7.88. The van der Waals surface area contributed by atoms with Gasteiger partial charge < -0.3 is 19.6 Å². The van der Waals surface area contributed by atoms with Gasteiger partial charge in [0.15, 0.2) is 11.5 Å². The summed E-state index contributed by atoms with van der Waals surface area (Å²) in [6.07, 6.45) is 1.59. The Balaban J connectivity index is 1.62. The normalized spacial score (nSPS) is 11.3. The summed E-state index contributed by atoms with van der Waals surface area (Å²) in [5.74, 6) is -0.401. The number of hydrogen-bond acceptors (Lipinski definition) is 5. The number of aromatic amines is 1. The highest BCUT2D eigenvalue weighted by Crippen LogP contribution is 2.38. The van der Waals surface area contributed by atoms with Crippen LogP contribution in [-0.4, -0.2) is 27.7 Å². The number of hydrogen-bond donors (Lipinski definition) is 2. The minimum atomic E-state index is -1.01. The quantitative estimate of drug-likeness (QED) is 0.288. The first-order valence-electron chi connectivity index (χ1n) is 10.6. The van der Waals surface area contributed by atoms with Crippen molar-refractivity contribution in [3.63, 3.8) is 0 Å². The highest BCUT2D eigenvalue weighted by Gasteiger charge is 2.15. The first-order chi connectivity index (χ1) is 16.9. The molecule has 0 amide bonds. The number of H-pyrrole nitrogens is 1. The second kappa shape index (κ2) is 10.3. The summed E-state index contributed by atoms with van der Waals surface area (Å²) in [5, 5.41) is 19.0. The fourth-order valence-electron chi connectivity index (χ4n) is 3.40. The van der Waals surface area contributed by atoms with Crippen LogP contribution in [0.4, 0.5) is 4.39 Å². The van der Waals surface area contributed by atoms with E-state index in [1.165, 1.54) is 30.3 Å². The van der Waals surface area contributed by atoms with Gasteiger partial charge in [0.25, 0.3) is 0 Å². The van der Waals surface area contributed by atoms with Gasteiger partial charge in [-0.3, -0.25) is 0 Å². The highest BCUT2D eigenvalue weighted by atomic mass is 35.5. The number of aromatic nitrogens is 2. The van der Waals surface area contributed by atoms with Gasteiger partial charge in [0.05, 0.1) is 33.8 Å². The third-order valence-corrected chi connectivity index (χ3v) is 5.33. The van der Waals surface area contributed by atoms with Crippen LogP contribution < -0.4 is 9.47 Å². The summed E-state index contributed by atoms with van der Waals surface area (Å²) in [5.41, 5.74) is 2.77. The molecule has 4 aromatic rings. The third-order valence-electron chi connectivity index (χ3n) is 5.05. The second-order valence-electron chi connectivity index (χ2n) is 7.47. The van der Waals surface area contributed by atoms with Crippen LogP contribution in [-0.2, 0) is 6.61 Å². The van der Waals surface area contributed by atoms with Gasteiger partial charge in [-0.2, -0.15) is 5.26 Å². The molecule has 1 aromatic heterocycles. The molecule has 0 fully saturated rings. The van der Waals surface area contributed by atoms with Gasteiger partial charge in [0.2, 0.25) is 0 Å². The molecule has 9 heteroatoms. The smallest absolute Gasteiger partial charge is 0.335 e. The van der Waals surface area contributed by atoms with Crippen molar-refractivity contribution in [1.29, 1.82) is 5.26 Å². The summed E-state index contributed by atoms with van der Waals surface area (Å²) in [4.78, 5) is 18.3. The molecule has 0 spiro atoms. The Morgan fingerprint density at radius 1 is 1.20 bits per heavy atom. The predicted octanol–water partition coefficient (Wildman–Crippen LogP) is 6.10. The SMILES string of the molecule is CCOc1cc(/C=C(/C#N)c2nc3ccc(F)cc3[nH]2)cc(Cl)c1OCc1ccc(C(=O)O)cc1. The van der Waals surface area contributed by atoms with Crippen molar-refractivity contribution in [2.45, 2.75) is 13.5 Å². The summed E-state index contributed by atoms with van der Waals surface area (Å²) >= 11 is 6.50. The molecule has 2 N–H and O–H groups in total. The van der Waals surface area contributed by atoms with Gasteiger partial charge in [0.1, 0.15) is 24.3 Å². The number of ether oxygens (including phenoxy) is 2.